The van der Waals surface area contributed by atoms with Crippen LogP contribution in [0.3, 0.4) is 0 Å². The molecule has 0 aliphatic rings. The van der Waals surface area contributed by atoms with Gasteiger partial charge < -0.3 is 10.1 Å². The van der Waals surface area contributed by atoms with Gasteiger partial charge in [-0.3, -0.25) is 0 Å². The molecule has 2 nitrogen and oxygen atoms in total. The van der Waals surface area contributed by atoms with Crippen LogP contribution in [0.5, 0.6) is 5.75 Å². The summed E-state index contributed by atoms with van der Waals surface area (Å²) in [4.78, 5) is 0. The van der Waals surface area contributed by atoms with Crippen LogP contribution in [0.2, 0.25) is 15.1 Å². The van der Waals surface area contributed by atoms with Gasteiger partial charge in [0.25, 0.3) is 0 Å². The molecule has 3 aromatic rings. The van der Waals surface area contributed by atoms with Crippen LogP contribution in [-0.2, 0) is 13.2 Å². The van der Waals surface area contributed by atoms with Gasteiger partial charge in [-0.05, 0) is 53.6 Å². The summed E-state index contributed by atoms with van der Waals surface area (Å²) in [7, 11) is 0. The summed E-state index contributed by atoms with van der Waals surface area (Å²) in [5.41, 5.74) is 2.92. The first-order valence-electron chi connectivity index (χ1n) is 7.86. The Morgan fingerprint density at radius 2 is 1.54 bits per heavy atom. The Morgan fingerprint density at radius 1 is 0.808 bits per heavy atom. The fourth-order valence-corrected chi connectivity index (χ4v) is 3.34. The highest BCUT2D eigenvalue weighted by molar-refractivity contribution is 9.10. The maximum atomic E-state index is 6.35. The molecule has 6 heteroatoms. The third-order valence-electron chi connectivity index (χ3n) is 3.72. The lowest BCUT2D eigenvalue weighted by Crippen LogP contribution is -2.01. The average molecular weight is 472 g/mol. The van der Waals surface area contributed by atoms with E-state index < -0.39 is 0 Å². The van der Waals surface area contributed by atoms with E-state index in [0.29, 0.717) is 34.0 Å². The van der Waals surface area contributed by atoms with Gasteiger partial charge in [-0.25, -0.2) is 0 Å². The lowest BCUT2D eigenvalue weighted by molar-refractivity contribution is 0.306. The van der Waals surface area contributed by atoms with E-state index in [1.54, 1.807) is 12.1 Å². The van der Waals surface area contributed by atoms with E-state index in [2.05, 4.69) is 21.2 Å². The van der Waals surface area contributed by atoms with Crippen LogP contribution in [0.15, 0.2) is 65.1 Å². The van der Waals surface area contributed by atoms with Crippen molar-refractivity contribution in [2.45, 2.75) is 13.2 Å². The third kappa shape index (κ3) is 5.31. The molecule has 0 bridgehead atoms. The molecule has 0 aromatic heterocycles. The number of anilines is 1. The molecule has 0 saturated carbocycles. The second kappa shape index (κ2) is 9.01. The average Bonchev–Trinajstić information content (AvgIpc) is 2.61. The normalized spacial score (nSPS) is 10.6. The lowest BCUT2D eigenvalue weighted by atomic mass is 10.2. The van der Waals surface area contributed by atoms with E-state index >= 15 is 0 Å². The molecule has 0 spiro atoms. The Hall–Kier alpha value is -1.39. The zero-order valence-corrected chi connectivity index (χ0v) is 17.5. The molecule has 0 radical (unpaired) electrons. The number of hydrogen-bond acceptors (Lipinski definition) is 2. The summed E-state index contributed by atoms with van der Waals surface area (Å²) in [6, 6.07) is 19.1. The van der Waals surface area contributed by atoms with Gasteiger partial charge in [-0.1, -0.05) is 68.9 Å². The first-order chi connectivity index (χ1) is 12.5. The van der Waals surface area contributed by atoms with Crippen molar-refractivity contribution in [3.05, 3.63) is 91.3 Å². The topological polar surface area (TPSA) is 21.3 Å². The molecule has 0 fully saturated rings. The minimum Gasteiger partial charge on any atom is -0.487 e. The first-order valence-corrected chi connectivity index (χ1v) is 9.78. The molecule has 3 aromatic carbocycles. The van der Waals surface area contributed by atoms with E-state index in [-0.39, 0.29) is 0 Å². The third-order valence-corrected chi connectivity index (χ3v) is 5.09. The van der Waals surface area contributed by atoms with Crippen LogP contribution in [0, 0.1) is 0 Å². The SMILES string of the molecule is Clc1ccc(NCc2ccc(OCc3ccc(Br)cc3)c(Cl)c2)c(Cl)c1. The van der Waals surface area contributed by atoms with Crippen LogP contribution in [0.4, 0.5) is 5.69 Å². The van der Waals surface area contributed by atoms with Crippen molar-refractivity contribution in [2.24, 2.45) is 0 Å². The summed E-state index contributed by atoms with van der Waals surface area (Å²) in [5.74, 6) is 0.655. The molecule has 26 heavy (non-hydrogen) atoms. The maximum absolute atomic E-state index is 6.35. The smallest absolute Gasteiger partial charge is 0.138 e. The van der Waals surface area contributed by atoms with E-state index in [1.165, 1.54) is 0 Å². The van der Waals surface area contributed by atoms with Gasteiger partial charge in [0.1, 0.15) is 12.4 Å². The largest absolute Gasteiger partial charge is 0.487 e. The fraction of sp³-hybridized carbons (Fsp3) is 0.100. The maximum Gasteiger partial charge on any atom is 0.138 e. The Balaban J connectivity index is 1.60. The molecule has 1 N–H and O–H groups in total. The number of ether oxygens (including phenoxy) is 1. The standard InChI is InChI=1S/C20H15BrCl3NO/c21-15-4-1-13(2-5-15)12-26-20-8-3-14(9-18(20)24)11-25-19-7-6-16(22)10-17(19)23/h1-10,25H,11-12H2. The van der Waals surface area contributed by atoms with E-state index in [0.717, 1.165) is 21.3 Å². The lowest BCUT2D eigenvalue weighted by Gasteiger charge is -2.12. The molecule has 134 valence electrons. The van der Waals surface area contributed by atoms with Gasteiger partial charge in [0, 0.05) is 16.0 Å². The van der Waals surface area contributed by atoms with Crippen molar-refractivity contribution in [3.8, 4) is 5.75 Å². The predicted octanol–water partition coefficient (Wildman–Crippen LogP) is 7.60. The molecule has 0 atom stereocenters. The molecule has 3 rings (SSSR count). The predicted molar refractivity (Wildman–Crippen MR) is 114 cm³/mol. The van der Waals surface area contributed by atoms with Crippen molar-refractivity contribution in [1.29, 1.82) is 0 Å². The Labute approximate surface area is 176 Å². The van der Waals surface area contributed by atoms with Gasteiger partial charge >= 0.3 is 0 Å². The number of halogens is 4. The van der Waals surface area contributed by atoms with Gasteiger partial charge in [-0.2, -0.15) is 0 Å². The minimum absolute atomic E-state index is 0.463. The van der Waals surface area contributed by atoms with Crippen molar-refractivity contribution < 1.29 is 4.74 Å². The fourth-order valence-electron chi connectivity index (χ4n) is 2.34. The highest BCUT2D eigenvalue weighted by atomic mass is 79.9. The summed E-state index contributed by atoms with van der Waals surface area (Å²) >= 11 is 21.8. The van der Waals surface area contributed by atoms with Crippen LogP contribution in [0.25, 0.3) is 0 Å². The molecular weight excluding hydrogens is 456 g/mol. The Morgan fingerprint density at radius 3 is 2.23 bits per heavy atom. The zero-order chi connectivity index (χ0) is 18.5. The number of nitrogens with one attached hydrogen (secondary N) is 1. The quantitative estimate of drug-likeness (QED) is 0.400. The van der Waals surface area contributed by atoms with Crippen LogP contribution >= 0.6 is 50.7 Å². The molecule has 0 aliphatic carbocycles. The van der Waals surface area contributed by atoms with Gasteiger partial charge in [0.15, 0.2) is 0 Å². The number of hydrogen-bond donors (Lipinski definition) is 1. The van der Waals surface area contributed by atoms with E-state index in [4.69, 9.17) is 39.5 Å². The molecule has 0 heterocycles. The van der Waals surface area contributed by atoms with Crippen molar-refractivity contribution in [3.63, 3.8) is 0 Å². The minimum atomic E-state index is 0.463. The van der Waals surface area contributed by atoms with Crippen LogP contribution < -0.4 is 10.1 Å². The number of rotatable bonds is 6. The number of benzene rings is 3. The molecule has 0 unspecified atom stereocenters. The Bertz CT molecular complexity index is 900. The highest BCUT2D eigenvalue weighted by Gasteiger charge is 2.06. The molecule has 0 saturated heterocycles. The second-order valence-corrected chi connectivity index (χ2v) is 7.82. The molecule has 0 amide bonds. The molecule has 0 aliphatic heterocycles. The zero-order valence-electron chi connectivity index (χ0n) is 13.6. The Kier molecular flexibility index (Phi) is 6.71. The monoisotopic (exact) mass is 469 g/mol. The summed E-state index contributed by atoms with van der Waals surface area (Å²) in [5, 5.41) is 5.03. The van der Waals surface area contributed by atoms with E-state index in [9.17, 15) is 0 Å². The summed E-state index contributed by atoms with van der Waals surface area (Å²) in [6.45, 7) is 1.05. The summed E-state index contributed by atoms with van der Waals surface area (Å²) in [6.07, 6.45) is 0. The first kappa shape index (κ1) is 19.4. The van der Waals surface area contributed by atoms with Crippen LogP contribution in [-0.4, -0.2) is 0 Å². The van der Waals surface area contributed by atoms with Crippen molar-refractivity contribution in [2.75, 3.05) is 5.32 Å². The van der Waals surface area contributed by atoms with Gasteiger partial charge in [-0.15, -0.1) is 0 Å². The summed E-state index contributed by atoms with van der Waals surface area (Å²) < 4.78 is 6.85. The second-order valence-electron chi connectivity index (χ2n) is 5.66. The highest BCUT2D eigenvalue weighted by Crippen LogP contribution is 2.29. The van der Waals surface area contributed by atoms with Crippen molar-refractivity contribution in [1.82, 2.24) is 0 Å². The van der Waals surface area contributed by atoms with Crippen LogP contribution in [0.1, 0.15) is 11.1 Å². The molecular formula is C20H15BrCl3NO. The van der Waals surface area contributed by atoms with Gasteiger partial charge in [0.2, 0.25) is 0 Å². The van der Waals surface area contributed by atoms with Gasteiger partial charge in [0.05, 0.1) is 15.7 Å². The van der Waals surface area contributed by atoms with Crippen molar-refractivity contribution >= 4 is 56.4 Å². The van der Waals surface area contributed by atoms with E-state index in [1.807, 2.05) is 48.5 Å².